The highest BCUT2D eigenvalue weighted by atomic mass is 32.2. The fraction of sp³-hybridized carbons (Fsp3) is 0.278. The minimum absolute atomic E-state index is 0.0127. The van der Waals surface area contributed by atoms with Crippen LogP contribution in [-0.2, 0) is 14.8 Å². The van der Waals surface area contributed by atoms with Crippen molar-refractivity contribution in [1.29, 1.82) is 0 Å². The van der Waals surface area contributed by atoms with Gasteiger partial charge in [-0.3, -0.25) is 4.79 Å². The number of carbonyl (C=O) groups is 1. The number of sulfonamides is 1. The predicted octanol–water partition coefficient (Wildman–Crippen LogP) is 2.42. The molecule has 0 saturated heterocycles. The first-order valence-corrected chi connectivity index (χ1v) is 9.68. The smallest absolute Gasteiger partial charge is 0.243 e. The van der Waals surface area contributed by atoms with Crippen molar-refractivity contribution in [3.63, 3.8) is 0 Å². The molecular formula is C18H24N4O3S. The van der Waals surface area contributed by atoms with E-state index in [1.807, 2.05) is 25.1 Å². The number of carbonyl (C=O) groups excluding carboxylic acids is 1. The van der Waals surface area contributed by atoms with Crippen molar-refractivity contribution >= 4 is 33.0 Å². The van der Waals surface area contributed by atoms with Gasteiger partial charge in [-0.25, -0.2) is 12.7 Å². The molecule has 0 aliphatic rings. The van der Waals surface area contributed by atoms with Crippen LogP contribution in [0.5, 0.6) is 0 Å². The summed E-state index contributed by atoms with van der Waals surface area (Å²) in [5.74, 6) is -0.223. The molecular weight excluding hydrogens is 352 g/mol. The molecule has 2 rings (SSSR count). The first-order valence-electron chi connectivity index (χ1n) is 8.24. The molecule has 26 heavy (non-hydrogen) atoms. The lowest BCUT2D eigenvalue weighted by atomic mass is 10.2. The summed E-state index contributed by atoms with van der Waals surface area (Å²) in [5, 5.41) is 8.95. The summed E-state index contributed by atoms with van der Waals surface area (Å²) in [6, 6.07) is 13.9. The van der Waals surface area contributed by atoms with Gasteiger partial charge in [0, 0.05) is 26.3 Å². The zero-order chi connectivity index (χ0) is 19.2. The van der Waals surface area contributed by atoms with Crippen LogP contribution in [0.25, 0.3) is 0 Å². The topological polar surface area (TPSA) is 90.5 Å². The van der Waals surface area contributed by atoms with Crippen LogP contribution < -0.4 is 16.0 Å². The maximum atomic E-state index is 12.3. The second kappa shape index (κ2) is 8.68. The maximum Gasteiger partial charge on any atom is 0.243 e. The third-order valence-corrected chi connectivity index (χ3v) is 5.44. The third-order valence-electron chi connectivity index (χ3n) is 3.63. The lowest BCUT2D eigenvalue weighted by Crippen LogP contribution is -2.24. The largest absolute Gasteiger partial charge is 0.384 e. The molecule has 0 fully saturated rings. The number of nitrogens with one attached hydrogen (secondary N) is 3. The van der Waals surface area contributed by atoms with Crippen molar-refractivity contribution in [2.75, 3.05) is 43.1 Å². The van der Waals surface area contributed by atoms with Gasteiger partial charge in [0.25, 0.3) is 0 Å². The van der Waals surface area contributed by atoms with Crippen LogP contribution in [0.1, 0.15) is 6.92 Å². The Labute approximate surface area is 154 Å². The first-order chi connectivity index (χ1) is 12.3. The second-order valence-corrected chi connectivity index (χ2v) is 7.94. The van der Waals surface area contributed by atoms with Crippen LogP contribution in [0, 0.1) is 0 Å². The van der Waals surface area contributed by atoms with Gasteiger partial charge >= 0.3 is 0 Å². The number of amides is 1. The Hall–Kier alpha value is -2.58. The van der Waals surface area contributed by atoms with Gasteiger partial charge in [-0.15, -0.1) is 0 Å². The Morgan fingerprint density at radius 3 is 2.31 bits per heavy atom. The number of para-hydroxylation sites is 1. The van der Waals surface area contributed by atoms with Crippen LogP contribution in [0.4, 0.5) is 17.1 Å². The molecule has 0 atom stereocenters. The Kier molecular flexibility index (Phi) is 6.59. The third kappa shape index (κ3) is 4.96. The number of rotatable bonds is 8. The van der Waals surface area contributed by atoms with E-state index in [4.69, 9.17) is 0 Å². The lowest BCUT2D eigenvalue weighted by Gasteiger charge is -2.17. The molecule has 2 aromatic carbocycles. The van der Waals surface area contributed by atoms with Gasteiger partial charge in [0.15, 0.2) is 0 Å². The molecule has 0 spiro atoms. The summed E-state index contributed by atoms with van der Waals surface area (Å²) in [4.78, 5) is 12.3. The number of hydrogen-bond donors (Lipinski definition) is 3. The van der Waals surface area contributed by atoms with E-state index in [2.05, 4.69) is 16.0 Å². The van der Waals surface area contributed by atoms with E-state index in [9.17, 15) is 13.2 Å². The SMILES string of the molecule is CCNc1ccc(S(=O)(=O)N(C)C)cc1NCC(=O)Nc1ccccc1. The van der Waals surface area contributed by atoms with Crippen molar-refractivity contribution in [2.45, 2.75) is 11.8 Å². The molecule has 7 nitrogen and oxygen atoms in total. The molecule has 1 amide bonds. The van der Waals surface area contributed by atoms with Gasteiger partial charge in [0.05, 0.1) is 22.8 Å². The summed E-state index contributed by atoms with van der Waals surface area (Å²) < 4.78 is 25.8. The Morgan fingerprint density at radius 2 is 1.69 bits per heavy atom. The minimum Gasteiger partial charge on any atom is -0.384 e. The van der Waals surface area contributed by atoms with Crippen molar-refractivity contribution in [3.05, 3.63) is 48.5 Å². The Bertz CT molecular complexity index is 852. The number of benzene rings is 2. The van der Waals surface area contributed by atoms with Gasteiger partial charge < -0.3 is 16.0 Å². The monoisotopic (exact) mass is 376 g/mol. The molecule has 0 heterocycles. The van der Waals surface area contributed by atoms with Crippen LogP contribution in [0.15, 0.2) is 53.4 Å². The highest BCUT2D eigenvalue weighted by molar-refractivity contribution is 7.89. The number of hydrogen-bond acceptors (Lipinski definition) is 5. The average molecular weight is 376 g/mol. The van der Waals surface area contributed by atoms with E-state index in [-0.39, 0.29) is 17.3 Å². The van der Waals surface area contributed by atoms with Crippen LogP contribution >= 0.6 is 0 Å². The quantitative estimate of drug-likeness (QED) is 0.658. The second-order valence-electron chi connectivity index (χ2n) is 5.79. The van der Waals surface area contributed by atoms with E-state index in [0.29, 0.717) is 17.9 Å². The molecule has 0 bridgehead atoms. The van der Waals surface area contributed by atoms with Crippen LogP contribution in [0.2, 0.25) is 0 Å². The van der Waals surface area contributed by atoms with Gasteiger partial charge in [-0.1, -0.05) is 18.2 Å². The lowest BCUT2D eigenvalue weighted by molar-refractivity contribution is -0.114. The highest BCUT2D eigenvalue weighted by Crippen LogP contribution is 2.26. The normalized spacial score (nSPS) is 11.2. The van der Waals surface area contributed by atoms with Crippen LogP contribution in [-0.4, -0.2) is 45.8 Å². The molecule has 3 N–H and O–H groups in total. The maximum absolute atomic E-state index is 12.3. The molecule has 0 saturated carbocycles. The number of anilines is 3. The summed E-state index contributed by atoms with van der Waals surface area (Å²) in [5.41, 5.74) is 1.99. The van der Waals surface area contributed by atoms with E-state index in [0.717, 1.165) is 9.99 Å². The van der Waals surface area contributed by atoms with Crippen LogP contribution in [0.3, 0.4) is 0 Å². The summed E-state index contributed by atoms with van der Waals surface area (Å²) in [7, 11) is -0.593. The van der Waals surface area contributed by atoms with Crippen molar-refractivity contribution in [3.8, 4) is 0 Å². The first kappa shape index (κ1) is 19.7. The van der Waals surface area contributed by atoms with Gasteiger partial charge in [-0.05, 0) is 37.3 Å². The van der Waals surface area contributed by atoms with Gasteiger partial charge in [0.2, 0.25) is 15.9 Å². The van der Waals surface area contributed by atoms with Crippen molar-refractivity contribution in [1.82, 2.24) is 4.31 Å². The van der Waals surface area contributed by atoms with Crippen molar-refractivity contribution in [2.24, 2.45) is 0 Å². The zero-order valence-corrected chi connectivity index (χ0v) is 15.9. The van der Waals surface area contributed by atoms with E-state index in [1.54, 1.807) is 24.3 Å². The van der Waals surface area contributed by atoms with Gasteiger partial charge in [-0.2, -0.15) is 0 Å². The predicted molar refractivity (Wildman–Crippen MR) is 105 cm³/mol. The average Bonchev–Trinajstić information content (AvgIpc) is 2.61. The molecule has 0 aliphatic heterocycles. The molecule has 8 heteroatoms. The molecule has 0 aromatic heterocycles. The summed E-state index contributed by atoms with van der Waals surface area (Å²) in [6.07, 6.45) is 0. The van der Waals surface area contributed by atoms with E-state index < -0.39 is 10.0 Å². The molecule has 0 unspecified atom stereocenters. The standard InChI is InChI=1S/C18H24N4O3S/c1-4-19-16-11-10-15(26(24,25)22(2)3)12-17(16)20-13-18(23)21-14-8-6-5-7-9-14/h5-12,19-20H,4,13H2,1-3H3,(H,21,23). The summed E-state index contributed by atoms with van der Waals surface area (Å²) in [6.45, 7) is 2.62. The van der Waals surface area contributed by atoms with Gasteiger partial charge in [0.1, 0.15) is 0 Å². The fourth-order valence-corrected chi connectivity index (χ4v) is 3.22. The zero-order valence-electron chi connectivity index (χ0n) is 15.1. The molecule has 140 valence electrons. The van der Waals surface area contributed by atoms with Crippen molar-refractivity contribution < 1.29 is 13.2 Å². The van der Waals surface area contributed by atoms with E-state index >= 15 is 0 Å². The fourth-order valence-electron chi connectivity index (χ4n) is 2.29. The number of nitrogens with zero attached hydrogens (tertiary/aromatic N) is 1. The Balaban J connectivity index is 2.16. The summed E-state index contributed by atoms with van der Waals surface area (Å²) >= 11 is 0. The van der Waals surface area contributed by atoms with E-state index in [1.165, 1.54) is 20.2 Å². The Morgan fingerprint density at radius 1 is 1.00 bits per heavy atom. The molecule has 0 aliphatic carbocycles. The molecule has 0 radical (unpaired) electrons. The molecule has 2 aromatic rings. The minimum atomic E-state index is -3.55. The highest BCUT2D eigenvalue weighted by Gasteiger charge is 2.19.